The normalized spacial score (nSPS) is 10.1. The predicted molar refractivity (Wildman–Crippen MR) is 105 cm³/mol. The first-order valence-electron chi connectivity index (χ1n) is 8.29. The van der Waals surface area contributed by atoms with Crippen molar-refractivity contribution in [2.24, 2.45) is 0 Å². The van der Waals surface area contributed by atoms with Crippen LogP contribution in [0.3, 0.4) is 0 Å². The van der Waals surface area contributed by atoms with E-state index >= 15 is 0 Å². The molecule has 0 fully saturated rings. The van der Waals surface area contributed by atoms with Crippen molar-refractivity contribution in [3.8, 4) is 17.6 Å². The Morgan fingerprint density at radius 1 is 1.07 bits per heavy atom. The summed E-state index contributed by atoms with van der Waals surface area (Å²) in [5.41, 5.74) is 1.32. The lowest BCUT2D eigenvalue weighted by atomic mass is 10.2. The maximum absolute atomic E-state index is 12.8. The molecular formula is C21H18N2O3S. The fraction of sp³-hybridized carbons (Fsp3) is 0.143. The van der Waals surface area contributed by atoms with Crippen LogP contribution in [0.25, 0.3) is 0 Å². The van der Waals surface area contributed by atoms with Crippen LogP contribution in [0.1, 0.15) is 10.4 Å². The molecule has 5 nitrogen and oxygen atoms in total. The van der Waals surface area contributed by atoms with Gasteiger partial charge in [0.1, 0.15) is 11.5 Å². The van der Waals surface area contributed by atoms with E-state index in [2.05, 4.69) is 6.07 Å². The molecule has 0 saturated heterocycles. The lowest BCUT2D eigenvalue weighted by Crippen LogP contribution is -2.34. The van der Waals surface area contributed by atoms with Crippen LogP contribution in [-0.4, -0.2) is 19.6 Å². The molecule has 2 aromatic carbocycles. The van der Waals surface area contributed by atoms with Crippen LogP contribution >= 0.6 is 11.3 Å². The second-order valence-corrected chi connectivity index (χ2v) is 6.71. The molecule has 0 bridgehead atoms. The molecule has 0 aliphatic rings. The first-order chi connectivity index (χ1) is 13.2. The number of carbonyl (C=O) groups excluding carboxylic acids is 1. The zero-order chi connectivity index (χ0) is 19.1. The van der Waals surface area contributed by atoms with Crippen LogP contribution in [0.4, 0.5) is 5.69 Å². The Hall–Kier alpha value is -3.30. The topological polar surface area (TPSA) is 62.6 Å². The molecule has 1 amide bonds. The molecule has 0 saturated carbocycles. The van der Waals surface area contributed by atoms with Gasteiger partial charge in [-0.05, 0) is 60.0 Å². The van der Waals surface area contributed by atoms with Crippen LogP contribution in [0.2, 0.25) is 0 Å². The quantitative estimate of drug-likeness (QED) is 0.617. The zero-order valence-corrected chi connectivity index (χ0v) is 15.6. The van der Waals surface area contributed by atoms with E-state index in [-0.39, 0.29) is 12.5 Å². The van der Waals surface area contributed by atoms with Gasteiger partial charge in [0, 0.05) is 10.6 Å². The monoisotopic (exact) mass is 378 g/mol. The third-order valence-corrected chi connectivity index (χ3v) is 4.79. The summed E-state index contributed by atoms with van der Waals surface area (Å²) in [5.74, 6) is 1.13. The number of thiophene rings is 1. The Kier molecular flexibility index (Phi) is 6.08. The fourth-order valence-electron chi connectivity index (χ4n) is 2.49. The smallest absolute Gasteiger partial charge is 0.265 e. The van der Waals surface area contributed by atoms with E-state index < -0.39 is 0 Å². The lowest BCUT2D eigenvalue weighted by Gasteiger charge is -2.22. The molecule has 0 N–H and O–H groups in total. The van der Waals surface area contributed by atoms with Gasteiger partial charge in [-0.1, -0.05) is 6.07 Å². The maximum Gasteiger partial charge on any atom is 0.265 e. The van der Waals surface area contributed by atoms with Gasteiger partial charge in [-0.25, -0.2) is 0 Å². The Morgan fingerprint density at radius 2 is 1.78 bits per heavy atom. The second kappa shape index (κ2) is 8.88. The Balaban J connectivity index is 1.73. The van der Waals surface area contributed by atoms with Gasteiger partial charge in [-0.15, -0.1) is 11.3 Å². The van der Waals surface area contributed by atoms with Gasteiger partial charge >= 0.3 is 0 Å². The number of anilines is 1. The Morgan fingerprint density at radius 3 is 2.37 bits per heavy atom. The lowest BCUT2D eigenvalue weighted by molar-refractivity contribution is -0.120. The molecule has 0 aliphatic carbocycles. The van der Waals surface area contributed by atoms with Crippen molar-refractivity contribution >= 4 is 22.9 Å². The van der Waals surface area contributed by atoms with E-state index in [9.17, 15) is 4.79 Å². The molecular weight excluding hydrogens is 360 g/mol. The molecule has 0 spiro atoms. The maximum atomic E-state index is 12.8. The van der Waals surface area contributed by atoms with Gasteiger partial charge in [-0.3, -0.25) is 4.79 Å². The van der Waals surface area contributed by atoms with Crippen LogP contribution in [0.5, 0.6) is 11.5 Å². The van der Waals surface area contributed by atoms with E-state index in [1.165, 1.54) is 0 Å². The third-order valence-electron chi connectivity index (χ3n) is 3.92. The van der Waals surface area contributed by atoms with Gasteiger partial charge in [0.15, 0.2) is 6.61 Å². The summed E-state index contributed by atoms with van der Waals surface area (Å²) in [6.45, 7) is 0.378. The number of ether oxygens (including phenoxy) is 2. The molecule has 1 aromatic heterocycles. The van der Waals surface area contributed by atoms with Crippen molar-refractivity contribution in [2.45, 2.75) is 6.54 Å². The van der Waals surface area contributed by atoms with Crippen molar-refractivity contribution in [3.05, 3.63) is 76.5 Å². The van der Waals surface area contributed by atoms with Crippen molar-refractivity contribution in [1.29, 1.82) is 5.26 Å². The van der Waals surface area contributed by atoms with Crippen molar-refractivity contribution in [3.63, 3.8) is 0 Å². The number of nitriles is 1. The van der Waals surface area contributed by atoms with E-state index in [0.29, 0.717) is 17.9 Å². The summed E-state index contributed by atoms with van der Waals surface area (Å²) in [6.07, 6.45) is 0. The van der Waals surface area contributed by atoms with Crippen molar-refractivity contribution in [2.75, 3.05) is 18.6 Å². The number of nitrogens with zero attached hydrogens (tertiary/aromatic N) is 2. The largest absolute Gasteiger partial charge is 0.497 e. The minimum Gasteiger partial charge on any atom is -0.497 e. The van der Waals surface area contributed by atoms with Gasteiger partial charge in [0.2, 0.25) is 0 Å². The zero-order valence-electron chi connectivity index (χ0n) is 14.8. The van der Waals surface area contributed by atoms with E-state index in [1.807, 2.05) is 41.8 Å². The molecule has 27 heavy (non-hydrogen) atoms. The summed E-state index contributed by atoms with van der Waals surface area (Å²) < 4.78 is 10.8. The number of hydrogen-bond acceptors (Lipinski definition) is 5. The van der Waals surface area contributed by atoms with Crippen molar-refractivity contribution < 1.29 is 14.3 Å². The van der Waals surface area contributed by atoms with Gasteiger partial charge in [-0.2, -0.15) is 5.26 Å². The molecule has 136 valence electrons. The SMILES string of the molecule is COc1ccc(N(Cc2cccs2)C(=O)COc2ccc(C#N)cc2)cc1. The number of rotatable bonds is 7. The average molecular weight is 378 g/mol. The highest BCUT2D eigenvalue weighted by Gasteiger charge is 2.18. The molecule has 3 rings (SSSR count). The van der Waals surface area contributed by atoms with Crippen LogP contribution in [0.15, 0.2) is 66.0 Å². The molecule has 1 heterocycles. The van der Waals surface area contributed by atoms with E-state index in [0.717, 1.165) is 16.3 Å². The Bertz CT molecular complexity index is 914. The highest BCUT2D eigenvalue weighted by molar-refractivity contribution is 7.09. The third kappa shape index (κ3) is 4.87. The van der Waals surface area contributed by atoms with Crippen LogP contribution in [-0.2, 0) is 11.3 Å². The average Bonchev–Trinajstić information content (AvgIpc) is 3.24. The minimum absolute atomic E-state index is 0.0939. The molecule has 3 aromatic rings. The summed E-state index contributed by atoms with van der Waals surface area (Å²) in [7, 11) is 1.61. The molecule has 0 aliphatic heterocycles. The van der Waals surface area contributed by atoms with Gasteiger partial charge in [0.25, 0.3) is 5.91 Å². The number of carbonyl (C=O) groups is 1. The summed E-state index contributed by atoms with van der Waals surface area (Å²) in [5, 5.41) is 10.8. The molecule has 0 atom stereocenters. The molecule has 0 radical (unpaired) electrons. The van der Waals surface area contributed by atoms with E-state index in [1.54, 1.807) is 47.6 Å². The minimum atomic E-state index is -0.155. The number of benzene rings is 2. The summed E-state index contributed by atoms with van der Waals surface area (Å²) >= 11 is 1.60. The van der Waals surface area contributed by atoms with Crippen molar-refractivity contribution in [1.82, 2.24) is 0 Å². The van der Waals surface area contributed by atoms with E-state index in [4.69, 9.17) is 14.7 Å². The number of amides is 1. The van der Waals surface area contributed by atoms with Gasteiger partial charge < -0.3 is 14.4 Å². The highest BCUT2D eigenvalue weighted by Crippen LogP contribution is 2.23. The first kappa shape index (κ1) is 18.5. The Labute approximate surface area is 162 Å². The molecule has 0 unspecified atom stereocenters. The first-order valence-corrected chi connectivity index (χ1v) is 9.17. The predicted octanol–water partition coefficient (Wildman–Crippen LogP) is 4.24. The summed E-state index contributed by atoms with van der Waals surface area (Å²) in [4.78, 5) is 15.6. The second-order valence-electron chi connectivity index (χ2n) is 5.68. The standard InChI is InChI=1S/C21H18N2O3S/c1-25-18-10-6-17(7-11-18)23(14-20-3-2-12-27-20)21(24)15-26-19-8-4-16(13-22)5-9-19/h2-12H,14-15H2,1H3. The number of methoxy groups -OCH3 is 1. The number of hydrogen-bond donors (Lipinski definition) is 0. The highest BCUT2D eigenvalue weighted by atomic mass is 32.1. The fourth-order valence-corrected chi connectivity index (χ4v) is 3.19. The summed E-state index contributed by atoms with van der Waals surface area (Å²) in [6, 6.07) is 20.1. The van der Waals surface area contributed by atoms with Gasteiger partial charge in [0.05, 0.1) is 25.3 Å². The molecule has 6 heteroatoms. The van der Waals surface area contributed by atoms with Crippen LogP contribution < -0.4 is 14.4 Å². The van der Waals surface area contributed by atoms with Crippen LogP contribution in [0, 0.1) is 11.3 Å².